The maximum absolute atomic E-state index is 12.1. The first kappa shape index (κ1) is 11.4. The summed E-state index contributed by atoms with van der Waals surface area (Å²) in [5.74, 6) is -1.19. The van der Waals surface area contributed by atoms with Crippen molar-refractivity contribution in [1.82, 2.24) is 14.8 Å². The van der Waals surface area contributed by atoms with Gasteiger partial charge in [-0.25, -0.2) is 0 Å². The van der Waals surface area contributed by atoms with Crippen LogP contribution in [-0.2, 0) is 16.6 Å². The van der Waals surface area contributed by atoms with Gasteiger partial charge in [-0.1, -0.05) is 0 Å². The summed E-state index contributed by atoms with van der Waals surface area (Å²) < 4.78 is 1.74. The first-order chi connectivity index (χ1) is 7.99. The van der Waals surface area contributed by atoms with E-state index in [-0.39, 0.29) is 19.0 Å². The Morgan fingerprint density at radius 2 is 1.82 bits per heavy atom. The fourth-order valence-electron chi connectivity index (χ4n) is 1.77. The van der Waals surface area contributed by atoms with Gasteiger partial charge >= 0.3 is 0 Å². The van der Waals surface area contributed by atoms with E-state index in [1.165, 1.54) is 4.90 Å². The highest BCUT2D eigenvalue weighted by molar-refractivity contribution is 6.05. The van der Waals surface area contributed by atoms with Crippen LogP contribution >= 0.6 is 0 Å². The van der Waals surface area contributed by atoms with E-state index in [4.69, 9.17) is 0 Å². The van der Waals surface area contributed by atoms with Gasteiger partial charge in [0.1, 0.15) is 18.8 Å². The van der Waals surface area contributed by atoms with E-state index in [0.717, 1.165) is 5.69 Å². The molecule has 2 heterocycles. The number of carbonyl (C=O) groups is 3. The minimum atomic E-state index is -0.444. The van der Waals surface area contributed by atoms with Gasteiger partial charge in [0.25, 0.3) is 5.91 Å². The summed E-state index contributed by atoms with van der Waals surface area (Å²) in [7, 11) is 1.77. The van der Waals surface area contributed by atoms with E-state index in [9.17, 15) is 14.4 Å². The van der Waals surface area contributed by atoms with Crippen LogP contribution in [-0.4, -0.2) is 40.3 Å². The highest BCUT2D eigenvalue weighted by Gasteiger charge is 2.28. The summed E-state index contributed by atoms with van der Waals surface area (Å²) in [5, 5.41) is 2.16. The van der Waals surface area contributed by atoms with Crippen molar-refractivity contribution in [2.45, 2.75) is 6.92 Å². The Kier molecular flexibility index (Phi) is 2.71. The molecule has 90 valence electrons. The second-order valence-electron chi connectivity index (χ2n) is 4.05. The van der Waals surface area contributed by atoms with Gasteiger partial charge in [0.2, 0.25) is 11.8 Å². The number of nitrogens with zero attached hydrogens (tertiary/aromatic N) is 2. The fraction of sp³-hybridized carbons (Fsp3) is 0.364. The molecule has 1 fully saturated rings. The summed E-state index contributed by atoms with van der Waals surface area (Å²) in [4.78, 5) is 35.7. The quantitative estimate of drug-likeness (QED) is 0.663. The lowest BCUT2D eigenvalue weighted by molar-refractivity contribution is -0.135. The molecule has 6 heteroatoms. The molecule has 0 unspecified atom stereocenters. The molecule has 2 rings (SSSR count). The van der Waals surface area contributed by atoms with Crippen LogP contribution in [0.15, 0.2) is 12.1 Å². The number of rotatable bonds is 1. The van der Waals surface area contributed by atoms with Crippen LogP contribution in [0, 0.1) is 6.92 Å². The number of aryl methyl sites for hydroxylation is 1. The molecule has 0 bridgehead atoms. The lowest BCUT2D eigenvalue weighted by Crippen LogP contribution is -2.53. The Morgan fingerprint density at radius 3 is 2.29 bits per heavy atom. The zero-order valence-corrected chi connectivity index (χ0v) is 9.69. The largest absolute Gasteiger partial charge is 0.344 e. The summed E-state index contributed by atoms with van der Waals surface area (Å²) in [6.45, 7) is 1.73. The van der Waals surface area contributed by atoms with Gasteiger partial charge in [-0.15, -0.1) is 0 Å². The Bertz CT molecular complexity index is 488. The second-order valence-corrected chi connectivity index (χ2v) is 4.05. The van der Waals surface area contributed by atoms with Gasteiger partial charge in [-0.3, -0.25) is 19.7 Å². The van der Waals surface area contributed by atoms with E-state index in [2.05, 4.69) is 5.32 Å². The van der Waals surface area contributed by atoms with Crippen molar-refractivity contribution in [1.29, 1.82) is 0 Å². The summed E-state index contributed by atoms with van der Waals surface area (Å²) in [5.41, 5.74) is 1.42. The molecule has 0 saturated carbocycles. The predicted octanol–water partition coefficient (Wildman–Crippen LogP) is -0.568. The van der Waals surface area contributed by atoms with Crippen molar-refractivity contribution in [2.24, 2.45) is 7.05 Å². The second kappa shape index (κ2) is 4.04. The van der Waals surface area contributed by atoms with Crippen molar-refractivity contribution in [3.05, 3.63) is 23.5 Å². The van der Waals surface area contributed by atoms with Crippen molar-refractivity contribution in [3.63, 3.8) is 0 Å². The molecular weight excluding hydrogens is 222 g/mol. The number of imide groups is 1. The summed E-state index contributed by atoms with van der Waals surface area (Å²) in [6, 6.07) is 3.51. The standard InChI is InChI=1S/C11H13N3O3/c1-7-3-4-8(13(7)2)11(17)14-5-9(15)12-10(16)6-14/h3-4H,5-6H2,1-2H3,(H,12,15,16). The van der Waals surface area contributed by atoms with Gasteiger partial charge in [0.05, 0.1) is 0 Å². The lowest BCUT2D eigenvalue weighted by Gasteiger charge is -2.25. The van der Waals surface area contributed by atoms with E-state index in [1.54, 1.807) is 17.7 Å². The molecule has 0 radical (unpaired) electrons. The molecular formula is C11H13N3O3. The Balaban J connectivity index is 2.23. The molecule has 1 N–H and O–H groups in total. The van der Waals surface area contributed by atoms with Crippen LogP contribution in [0.3, 0.4) is 0 Å². The molecule has 0 aromatic carbocycles. The number of hydrogen-bond donors (Lipinski definition) is 1. The molecule has 0 atom stereocenters. The minimum absolute atomic E-state index is 0.0746. The van der Waals surface area contributed by atoms with Crippen LogP contribution in [0.2, 0.25) is 0 Å². The molecule has 0 spiro atoms. The molecule has 17 heavy (non-hydrogen) atoms. The molecule has 1 saturated heterocycles. The Labute approximate surface area is 98.2 Å². The van der Waals surface area contributed by atoms with Crippen molar-refractivity contribution >= 4 is 17.7 Å². The molecule has 1 aromatic rings. The molecule has 1 aliphatic heterocycles. The smallest absolute Gasteiger partial charge is 0.271 e. The highest BCUT2D eigenvalue weighted by Crippen LogP contribution is 2.10. The van der Waals surface area contributed by atoms with Gasteiger partial charge in [0.15, 0.2) is 0 Å². The van der Waals surface area contributed by atoms with Gasteiger partial charge in [0, 0.05) is 12.7 Å². The van der Waals surface area contributed by atoms with E-state index in [1.807, 2.05) is 13.0 Å². The van der Waals surface area contributed by atoms with Crippen molar-refractivity contribution in [3.8, 4) is 0 Å². The zero-order chi connectivity index (χ0) is 12.6. The third-order valence-electron chi connectivity index (χ3n) is 2.83. The molecule has 3 amide bonds. The molecule has 6 nitrogen and oxygen atoms in total. The third-order valence-corrected chi connectivity index (χ3v) is 2.83. The van der Waals surface area contributed by atoms with Crippen LogP contribution < -0.4 is 5.32 Å². The number of amides is 3. The summed E-state index contributed by atoms with van der Waals surface area (Å²) >= 11 is 0. The van der Waals surface area contributed by atoms with Gasteiger partial charge in [-0.2, -0.15) is 0 Å². The zero-order valence-electron chi connectivity index (χ0n) is 9.69. The van der Waals surface area contributed by atoms with Crippen molar-refractivity contribution in [2.75, 3.05) is 13.1 Å². The topological polar surface area (TPSA) is 71.4 Å². The fourth-order valence-corrected chi connectivity index (χ4v) is 1.77. The number of aromatic nitrogens is 1. The first-order valence-corrected chi connectivity index (χ1v) is 5.23. The van der Waals surface area contributed by atoms with Gasteiger partial charge in [-0.05, 0) is 19.1 Å². The maximum Gasteiger partial charge on any atom is 0.271 e. The van der Waals surface area contributed by atoms with E-state index in [0.29, 0.717) is 5.69 Å². The predicted molar refractivity (Wildman–Crippen MR) is 59.2 cm³/mol. The molecule has 1 aromatic heterocycles. The number of piperazine rings is 1. The van der Waals surface area contributed by atoms with Crippen LogP contribution in [0.25, 0.3) is 0 Å². The third kappa shape index (κ3) is 2.06. The average Bonchev–Trinajstić information content (AvgIpc) is 2.57. The monoisotopic (exact) mass is 235 g/mol. The van der Waals surface area contributed by atoms with Gasteiger partial charge < -0.3 is 9.47 Å². The Morgan fingerprint density at radius 1 is 1.24 bits per heavy atom. The number of carbonyl (C=O) groups excluding carboxylic acids is 3. The number of nitrogens with one attached hydrogen (secondary N) is 1. The SMILES string of the molecule is Cc1ccc(C(=O)N2CC(=O)NC(=O)C2)n1C. The number of hydrogen-bond acceptors (Lipinski definition) is 3. The van der Waals surface area contributed by atoms with E-state index < -0.39 is 11.8 Å². The highest BCUT2D eigenvalue weighted by atomic mass is 16.2. The van der Waals surface area contributed by atoms with Crippen LogP contribution in [0.5, 0.6) is 0 Å². The maximum atomic E-state index is 12.1. The summed E-state index contributed by atoms with van der Waals surface area (Å²) in [6.07, 6.45) is 0. The lowest BCUT2D eigenvalue weighted by atomic mass is 10.3. The van der Waals surface area contributed by atoms with Crippen LogP contribution in [0.4, 0.5) is 0 Å². The van der Waals surface area contributed by atoms with E-state index >= 15 is 0 Å². The van der Waals surface area contributed by atoms with Crippen LogP contribution in [0.1, 0.15) is 16.2 Å². The van der Waals surface area contributed by atoms with Crippen molar-refractivity contribution < 1.29 is 14.4 Å². The molecule has 1 aliphatic rings. The first-order valence-electron chi connectivity index (χ1n) is 5.23. The normalized spacial score (nSPS) is 16.0. The molecule has 0 aliphatic carbocycles. The minimum Gasteiger partial charge on any atom is -0.344 e. The Hall–Kier alpha value is -2.11. The average molecular weight is 235 g/mol.